The van der Waals surface area contributed by atoms with Crippen molar-refractivity contribution < 1.29 is 14.7 Å². The molecule has 0 fully saturated rings. The first-order valence-electron chi connectivity index (χ1n) is 5.94. The highest BCUT2D eigenvalue weighted by molar-refractivity contribution is 14.1. The van der Waals surface area contributed by atoms with E-state index in [9.17, 15) is 9.59 Å². The first kappa shape index (κ1) is 15.7. The highest BCUT2D eigenvalue weighted by atomic mass is 127. The molecule has 110 valence electrons. The van der Waals surface area contributed by atoms with Crippen LogP contribution in [0.1, 0.15) is 20.2 Å². The van der Waals surface area contributed by atoms with Gasteiger partial charge in [-0.3, -0.25) is 0 Å². The van der Waals surface area contributed by atoms with Crippen LogP contribution in [0.25, 0.3) is 0 Å². The maximum atomic E-state index is 11.8. The lowest BCUT2D eigenvalue weighted by molar-refractivity contribution is 0.0698. The summed E-state index contributed by atoms with van der Waals surface area (Å²) in [7, 11) is 0. The van der Waals surface area contributed by atoms with Crippen molar-refractivity contribution in [2.75, 3.05) is 5.32 Å². The molecule has 0 spiro atoms. The summed E-state index contributed by atoms with van der Waals surface area (Å²) in [5.74, 6) is -1.08. The van der Waals surface area contributed by atoms with Crippen LogP contribution in [0.5, 0.6) is 0 Å². The Bertz CT molecular complexity index is 687. The van der Waals surface area contributed by atoms with E-state index in [1.807, 2.05) is 29.5 Å². The van der Waals surface area contributed by atoms with E-state index in [2.05, 4.69) is 15.6 Å². The zero-order valence-electron chi connectivity index (χ0n) is 11.0. The van der Waals surface area contributed by atoms with Gasteiger partial charge in [0.05, 0.1) is 22.8 Å². The number of hydrogen-bond acceptors (Lipinski definition) is 4. The SMILES string of the molecule is Cc1ncc(CNC(=O)Nc2ccc(I)cc2C(=O)O)s1. The number of carboxylic acids is 1. The fourth-order valence-corrected chi connectivity index (χ4v) is 2.85. The molecule has 0 unspecified atom stereocenters. The van der Waals surface area contributed by atoms with E-state index in [1.165, 1.54) is 17.4 Å². The monoisotopic (exact) mass is 417 g/mol. The molecule has 0 atom stereocenters. The molecular weight excluding hydrogens is 405 g/mol. The van der Waals surface area contributed by atoms with Crippen LogP contribution in [0.4, 0.5) is 10.5 Å². The first-order chi connectivity index (χ1) is 9.95. The second-order valence-corrected chi connectivity index (χ2v) is 6.71. The molecule has 8 heteroatoms. The molecule has 2 rings (SSSR count). The van der Waals surface area contributed by atoms with Crippen LogP contribution in [0.2, 0.25) is 0 Å². The lowest BCUT2D eigenvalue weighted by Gasteiger charge is -2.09. The molecule has 0 aliphatic carbocycles. The number of hydrogen-bond donors (Lipinski definition) is 3. The topological polar surface area (TPSA) is 91.3 Å². The van der Waals surface area contributed by atoms with Gasteiger partial charge in [0.15, 0.2) is 0 Å². The number of aromatic nitrogens is 1. The maximum absolute atomic E-state index is 11.8. The summed E-state index contributed by atoms with van der Waals surface area (Å²) < 4.78 is 0.788. The van der Waals surface area contributed by atoms with E-state index in [4.69, 9.17) is 5.11 Å². The smallest absolute Gasteiger partial charge is 0.337 e. The Balaban J connectivity index is 2.01. The molecule has 21 heavy (non-hydrogen) atoms. The zero-order chi connectivity index (χ0) is 15.4. The molecule has 2 aromatic rings. The van der Waals surface area contributed by atoms with E-state index in [0.29, 0.717) is 6.54 Å². The summed E-state index contributed by atoms with van der Waals surface area (Å²) in [6.45, 7) is 2.24. The number of anilines is 1. The number of benzene rings is 1. The van der Waals surface area contributed by atoms with Crippen molar-refractivity contribution in [2.45, 2.75) is 13.5 Å². The van der Waals surface area contributed by atoms with Crippen molar-refractivity contribution >= 4 is 51.6 Å². The van der Waals surface area contributed by atoms with Gasteiger partial charge in [-0.05, 0) is 47.7 Å². The third kappa shape index (κ3) is 4.39. The van der Waals surface area contributed by atoms with Crippen molar-refractivity contribution in [3.63, 3.8) is 0 Å². The number of halogens is 1. The average Bonchev–Trinajstić information content (AvgIpc) is 2.84. The molecule has 6 nitrogen and oxygen atoms in total. The molecule has 0 bridgehead atoms. The summed E-state index contributed by atoms with van der Waals surface area (Å²) in [6.07, 6.45) is 1.70. The normalized spacial score (nSPS) is 10.2. The van der Waals surface area contributed by atoms with Gasteiger partial charge in [0.25, 0.3) is 0 Å². The Morgan fingerprint density at radius 3 is 2.81 bits per heavy atom. The Labute approximate surface area is 138 Å². The summed E-state index contributed by atoms with van der Waals surface area (Å²) in [4.78, 5) is 28.0. The third-order valence-electron chi connectivity index (χ3n) is 2.55. The second kappa shape index (κ2) is 6.85. The van der Waals surface area contributed by atoms with Crippen molar-refractivity contribution in [2.24, 2.45) is 0 Å². The highest BCUT2D eigenvalue weighted by Gasteiger charge is 2.13. The molecule has 0 saturated carbocycles. The molecule has 0 radical (unpaired) electrons. The molecular formula is C13H12IN3O3S. The average molecular weight is 417 g/mol. The van der Waals surface area contributed by atoms with Gasteiger partial charge in [0.1, 0.15) is 0 Å². The molecule has 1 heterocycles. The Morgan fingerprint density at radius 2 is 2.19 bits per heavy atom. The Hall–Kier alpha value is -1.68. The maximum Gasteiger partial charge on any atom is 0.337 e. The number of urea groups is 1. The number of carboxylic acid groups (broad SMARTS) is 1. The van der Waals surface area contributed by atoms with Crippen LogP contribution in [0.15, 0.2) is 24.4 Å². The van der Waals surface area contributed by atoms with Gasteiger partial charge in [-0.15, -0.1) is 11.3 Å². The number of aryl methyl sites for hydroxylation is 1. The summed E-state index contributed by atoms with van der Waals surface area (Å²) in [5.41, 5.74) is 0.326. The van der Waals surface area contributed by atoms with Crippen molar-refractivity contribution in [1.82, 2.24) is 10.3 Å². The number of aromatic carboxylic acids is 1. The second-order valence-electron chi connectivity index (χ2n) is 4.15. The van der Waals surface area contributed by atoms with Crippen LogP contribution in [0.3, 0.4) is 0 Å². The quantitative estimate of drug-likeness (QED) is 0.667. The molecule has 1 aromatic heterocycles. The lowest BCUT2D eigenvalue weighted by atomic mass is 10.2. The zero-order valence-corrected chi connectivity index (χ0v) is 14.0. The molecule has 0 aliphatic rings. The van der Waals surface area contributed by atoms with Crippen LogP contribution >= 0.6 is 33.9 Å². The number of nitrogens with one attached hydrogen (secondary N) is 2. The lowest BCUT2D eigenvalue weighted by Crippen LogP contribution is -2.28. The van der Waals surface area contributed by atoms with Crippen LogP contribution < -0.4 is 10.6 Å². The van der Waals surface area contributed by atoms with E-state index >= 15 is 0 Å². The van der Waals surface area contributed by atoms with Crippen LogP contribution in [-0.4, -0.2) is 22.1 Å². The summed E-state index contributed by atoms with van der Waals surface area (Å²) >= 11 is 3.52. The van der Waals surface area contributed by atoms with Gasteiger partial charge in [0, 0.05) is 14.6 Å². The van der Waals surface area contributed by atoms with Gasteiger partial charge >= 0.3 is 12.0 Å². The standard InChI is InChI=1S/C13H12IN3O3S/c1-7-15-5-9(21-7)6-16-13(20)17-11-3-2-8(14)4-10(11)12(18)19/h2-5H,6H2,1H3,(H,18,19)(H2,16,17,20). The predicted molar refractivity (Wildman–Crippen MR) is 88.8 cm³/mol. The fourth-order valence-electron chi connectivity index (χ4n) is 1.62. The van der Waals surface area contributed by atoms with E-state index in [-0.39, 0.29) is 11.3 Å². The number of amides is 2. The van der Waals surface area contributed by atoms with Gasteiger partial charge in [-0.2, -0.15) is 0 Å². The first-order valence-corrected chi connectivity index (χ1v) is 7.84. The van der Waals surface area contributed by atoms with Crippen molar-refractivity contribution in [3.8, 4) is 0 Å². The number of thiazole rings is 1. The fraction of sp³-hybridized carbons (Fsp3) is 0.154. The number of carbonyl (C=O) groups excluding carboxylic acids is 1. The number of carbonyl (C=O) groups is 2. The molecule has 0 aliphatic heterocycles. The van der Waals surface area contributed by atoms with Crippen LogP contribution in [0, 0.1) is 10.5 Å². The van der Waals surface area contributed by atoms with Gasteiger partial charge in [-0.25, -0.2) is 14.6 Å². The number of nitrogens with zero attached hydrogens (tertiary/aromatic N) is 1. The minimum absolute atomic E-state index is 0.0608. The van der Waals surface area contributed by atoms with Gasteiger partial charge < -0.3 is 15.7 Å². The highest BCUT2D eigenvalue weighted by Crippen LogP contribution is 2.19. The molecule has 2 amide bonds. The predicted octanol–water partition coefficient (Wildman–Crippen LogP) is 3.08. The van der Waals surface area contributed by atoms with Crippen LogP contribution in [-0.2, 0) is 6.54 Å². The van der Waals surface area contributed by atoms with E-state index in [1.54, 1.807) is 18.3 Å². The van der Waals surface area contributed by atoms with Crippen molar-refractivity contribution in [1.29, 1.82) is 0 Å². The molecule has 0 saturated heterocycles. The Kier molecular flexibility index (Phi) is 5.12. The largest absolute Gasteiger partial charge is 0.478 e. The number of rotatable bonds is 4. The van der Waals surface area contributed by atoms with E-state index in [0.717, 1.165) is 13.5 Å². The van der Waals surface area contributed by atoms with Gasteiger partial charge in [0.2, 0.25) is 0 Å². The minimum Gasteiger partial charge on any atom is -0.478 e. The van der Waals surface area contributed by atoms with Gasteiger partial charge in [-0.1, -0.05) is 0 Å². The van der Waals surface area contributed by atoms with E-state index < -0.39 is 12.0 Å². The Morgan fingerprint density at radius 1 is 1.43 bits per heavy atom. The summed E-state index contributed by atoms with van der Waals surface area (Å²) in [6, 6.07) is 4.35. The minimum atomic E-state index is -1.08. The summed E-state index contributed by atoms with van der Waals surface area (Å²) in [5, 5.41) is 15.3. The third-order valence-corrected chi connectivity index (χ3v) is 4.14. The molecule has 3 N–H and O–H groups in total. The van der Waals surface area contributed by atoms with Crippen molar-refractivity contribution in [3.05, 3.63) is 43.4 Å². The molecule has 1 aromatic carbocycles.